The number of esters is 1. The zero-order chi connectivity index (χ0) is 15.7. The van der Waals surface area contributed by atoms with E-state index in [0.717, 1.165) is 12.0 Å². The van der Waals surface area contributed by atoms with Crippen molar-refractivity contribution in [3.05, 3.63) is 60.2 Å². The first-order valence-electron chi connectivity index (χ1n) is 7.18. The molecule has 1 aromatic carbocycles. The monoisotopic (exact) mass is 288 g/mol. The third-order valence-electron chi connectivity index (χ3n) is 3.18. The van der Waals surface area contributed by atoms with Crippen molar-refractivity contribution in [3.8, 4) is 0 Å². The van der Waals surface area contributed by atoms with E-state index in [1.807, 2.05) is 32.0 Å². The van der Waals surface area contributed by atoms with Gasteiger partial charge in [0.25, 0.3) is 0 Å². The van der Waals surface area contributed by atoms with Crippen LogP contribution >= 0.6 is 0 Å². The van der Waals surface area contributed by atoms with E-state index in [1.165, 1.54) is 11.6 Å². The van der Waals surface area contributed by atoms with Gasteiger partial charge < -0.3 is 9.47 Å². The van der Waals surface area contributed by atoms with Gasteiger partial charge in [0, 0.05) is 6.08 Å². The Balaban J connectivity index is 2.44. The number of ether oxygens (including phenoxy) is 2. The molecular weight excluding hydrogens is 264 g/mol. The van der Waals surface area contributed by atoms with Gasteiger partial charge in [-0.05, 0) is 44.4 Å². The summed E-state index contributed by atoms with van der Waals surface area (Å²) in [7, 11) is 0. The summed E-state index contributed by atoms with van der Waals surface area (Å²) < 4.78 is 10.7. The zero-order valence-electron chi connectivity index (χ0n) is 13.1. The van der Waals surface area contributed by atoms with Crippen molar-refractivity contribution < 1.29 is 14.3 Å². The van der Waals surface area contributed by atoms with Gasteiger partial charge in [-0.2, -0.15) is 0 Å². The molecule has 1 rings (SSSR count). The Morgan fingerprint density at radius 2 is 1.90 bits per heavy atom. The lowest BCUT2D eigenvalue weighted by molar-refractivity contribution is -0.137. The maximum absolute atomic E-state index is 11.3. The van der Waals surface area contributed by atoms with Crippen LogP contribution in [0.25, 0.3) is 0 Å². The Morgan fingerprint density at radius 3 is 2.52 bits per heavy atom. The number of rotatable bonds is 8. The predicted molar refractivity (Wildman–Crippen MR) is 85.1 cm³/mol. The average Bonchev–Trinajstić information content (AvgIpc) is 2.46. The summed E-state index contributed by atoms with van der Waals surface area (Å²) in [6.45, 7) is 10.6. The standard InChI is InChI=1S/C18H24O3/c1-5-20-17(19)12-11-15(2)18(3,4)21-14-13-16-9-7-6-8-10-16/h6-12H,2,5,13-14H2,1,3-4H3/b12-11+. The van der Waals surface area contributed by atoms with E-state index < -0.39 is 5.60 Å². The summed E-state index contributed by atoms with van der Waals surface area (Å²) in [5.74, 6) is -0.362. The molecule has 114 valence electrons. The Labute approximate surface area is 127 Å². The maximum atomic E-state index is 11.3. The number of carbonyl (C=O) groups excluding carboxylic acids is 1. The molecule has 21 heavy (non-hydrogen) atoms. The molecule has 0 atom stereocenters. The van der Waals surface area contributed by atoms with E-state index in [1.54, 1.807) is 13.0 Å². The van der Waals surface area contributed by atoms with E-state index in [4.69, 9.17) is 9.47 Å². The molecule has 0 aliphatic heterocycles. The van der Waals surface area contributed by atoms with Crippen molar-refractivity contribution in [2.24, 2.45) is 0 Å². The summed E-state index contributed by atoms with van der Waals surface area (Å²) in [5, 5.41) is 0. The summed E-state index contributed by atoms with van der Waals surface area (Å²) in [5.41, 5.74) is 1.46. The fourth-order valence-electron chi connectivity index (χ4n) is 1.72. The van der Waals surface area contributed by atoms with Crippen LogP contribution in [0.5, 0.6) is 0 Å². The fourth-order valence-corrected chi connectivity index (χ4v) is 1.72. The lowest BCUT2D eigenvalue weighted by atomic mass is 9.99. The van der Waals surface area contributed by atoms with Gasteiger partial charge in [-0.1, -0.05) is 36.9 Å². The van der Waals surface area contributed by atoms with Crippen molar-refractivity contribution >= 4 is 5.97 Å². The van der Waals surface area contributed by atoms with Crippen LogP contribution in [-0.4, -0.2) is 24.8 Å². The Kier molecular flexibility index (Phi) is 6.89. The first kappa shape index (κ1) is 17.2. The molecule has 3 nitrogen and oxygen atoms in total. The summed E-state index contributed by atoms with van der Waals surface area (Å²) in [4.78, 5) is 11.3. The van der Waals surface area contributed by atoms with Crippen molar-refractivity contribution in [2.75, 3.05) is 13.2 Å². The molecule has 0 amide bonds. The topological polar surface area (TPSA) is 35.5 Å². The minimum Gasteiger partial charge on any atom is -0.463 e. The normalized spacial score (nSPS) is 11.6. The third-order valence-corrected chi connectivity index (χ3v) is 3.18. The van der Waals surface area contributed by atoms with Crippen LogP contribution < -0.4 is 0 Å². The smallest absolute Gasteiger partial charge is 0.330 e. The second-order valence-corrected chi connectivity index (χ2v) is 5.20. The molecular formula is C18H24O3. The number of benzene rings is 1. The third kappa shape index (κ3) is 6.41. The van der Waals surface area contributed by atoms with Crippen molar-refractivity contribution in [2.45, 2.75) is 32.8 Å². The van der Waals surface area contributed by atoms with Crippen LogP contribution in [-0.2, 0) is 20.7 Å². The maximum Gasteiger partial charge on any atom is 0.330 e. The first-order valence-corrected chi connectivity index (χ1v) is 7.18. The van der Waals surface area contributed by atoms with E-state index in [0.29, 0.717) is 13.2 Å². The van der Waals surface area contributed by atoms with Crippen LogP contribution in [0.3, 0.4) is 0 Å². The van der Waals surface area contributed by atoms with Crippen LogP contribution in [0, 0.1) is 0 Å². The Morgan fingerprint density at radius 1 is 1.24 bits per heavy atom. The van der Waals surface area contributed by atoms with Gasteiger partial charge in [-0.3, -0.25) is 0 Å². The van der Waals surface area contributed by atoms with Gasteiger partial charge in [0.2, 0.25) is 0 Å². The van der Waals surface area contributed by atoms with E-state index in [9.17, 15) is 4.79 Å². The van der Waals surface area contributed by atoms with Gasteiger partial charge in [0.05, 0.1) is 18.8 Å². The lowest BCUT2D eigenvalue weighted by Gasteiger charge is -2.26. The van der Waals surface area contributed by atoms with Gasteiger partial charge in [0.1, 0.15) is 0 Å². The van der Waals surface area contributed by atoms with Crippen molar-refractivity contribution in [1.82, 2.24) is 0 Å². The Hall–Kier alpha value is -1.87. The lowest BCUT2D eigenvalue weighted by Crippen LogP contribution is -2.27. The largest absolute Gasteiger partial charge is 0.463 e. The van der Waals surface area contributed by atoms with Gasteiger partial charge >= 0.3 is 5.97 Å². The molecule has 0 N–H and O–H groups in total. The molecule has 0 spiro atoms. The van der Waals surface area contributed by atoms with Gasteiger partial charge in [0.15, 0.2) is 0 Å². The molecule has 0 bridgehead atoms. The quantitative estimate of drug-likeness (QED) is 0.416. The summed E-state index contributed by atoms with van der Waals surface area (Å²) in [6.07, 6.45) is 3.88. The molecule has 0 aromatic heterocycles. The van der Waals surface area contributed by atoms with Crippen LogP contribution in [0.4, 0.5) is 0 Å². The molecule has 1 aromatic rings. The van der Waals surface area contributed by atoms with Crippen LogP contribution in [0.2, 0.25) is 0 Å². The molecule has 0 heterocycles. The zero-order valence-corrected chi connectivity index (χ0v) is 13.1. The summed E-state index contributed by atoms with van der Waals surface area (Å²) in [6, 6.07) is 10.2. The van der Waals surface area contributed by atoms with E-state index >= 15 is 0 Å². The molecule has 0 saturated carbocycles. The molecule has 0 radical (unpaired) electrons. The number of hydrogen-bond acceptors (Lipinski definition) is 3. The number of hydrogen-bond donors (Lipinski definition) is 0. The average molecular weight is 288 g/mol. The second kappa shape index (κ2) is 8.42. The first-order chi connectivity index (χ1) is 9.95. The highest BCUT2D eigenvalue weighted by atomic mass is 16.5. The van der Waals surface area contributed by atoms with Gasteiger partial charge in [-0.15, -0.1) is 0 Å². The molecule has 0 unspecified atom stereocenters. The number of carbonyl (C=O) groups is 1. The molecule has 3 heteroatoms. The van der Waals surface area contributed by atoms with Crippen molar-refractivity contribution in [3.63, 3.8) is 0 Å². The second-order valence-electron chi connectivity index (χ2n) is 5.20. The van der Waals surface area contributed by atoms with Crippen molar-refractivity contribution in [1.29, 1.82) is 0 Å². The SMILES string of the molecule is C=C(/C=C/C(=O)OCC)C(C)(C)OCCc1ccccc1. The highest BCUT2D eigenvalue weighted by Crippen LogP contribution is 2.20. The Bertz CT molecular complexity index is 486. The predicted octanol–water partition coefficient (Wildman–Crippen LogP) is 3.70. The molecule has 0 aliphatic rings. The van der Waals surface area contributed by atoms with Crippen LogP contribution in [0.15, 0.2) is 54.6 Å². The van der Waals surface area contributed by atoms with Gasteiger partial charge in [-0.25, -0.2) is 4.79 Å². The molecule has 0 fully saturated rings. The minimum absolute atomic E-state index is 0.362. The highest BCUT2D eigenvalue weighted by molar-refractivity contribution is 5.82. The minimum atomic E-state index is -0.516. The van der Waals surface area contributed by atoms with E-state index in [-0.39, 0.29) is 5.97 Å². The summed E-state index contributed by atoms with van der Waals surface area (Å²) >= 11 is 0. The highest BCUT2D eigenvalue weighted by Gasteiger charge is 2.20. The molecule has 0 saturated heterocycles. The molecule has 0 aliphatic carbocycles. The van der Waals surface area contributed by atoms with E-state index in [2.05, 4.69) is 18.7 Å². The fraction of sp³-hybridized carbons (Fsp3) is 0.389. The van der Waals surface area contributed by atoms with Crippen LogP contribution in [0.1, 0.15) is 26.3 Å².